The van der Waals surface area contributed by atoms with Crippen molar-refractivity contribution in [2.24, 2.45) is 11.1 Å². The lowest BCUT2D eigenvalue weighted by atomic mass is 10.1. The Morgan fingerprint density at radius 1 is 1.57 bits per heavy atom. The highest BCUT2D eigenvalue weighted by atomic mass is 32.1. The minimum Gasteiger partial charge on any atom is -0.392 e. The van der Waals surface area contributed by atoms with E-state index in [9.17, 15) is 4.79 Å². The Bertz CT molecular complexity index is 286. The van der Waals surface area contributed by atoms with Crippen molar-refractivity contribution in [2.45, 2.75) is 38.6 Å². The van der Waals surface area contributed by atoms with Crippen LogP contribution < -0.4 is 5.73 Å². The molecular weight excluding hydrogens is 196 g/mol. The molecular formula is C10H16N2OS. The van der Waals surface area contributed by atoms with Gasteiger partial charge in [0.2, 0.25) is 5.91 Å². The summed E-state index contributed by atoms with van der Waals surface area (Å²) in [6.07, 6.45) is 3.92. The lowest BCUT2D eigenvalue weighted by Crippen LogP contribution is -2.44. The lowest BCUT2D eigenvalue weighted by molar-refractivity contribution is -0.134. The molecule has 2 aliphatic rings. The number of carbonyl (C=O) groups excluding carboxylic acids is 1. The Labute approximate surface area is 89.6 Å². The van der Waals surface area contributed by atoms with Crippen molar-refractivity contribution >= 4 is 23.1 Å². The quantitative estimate of drug-likeness (QED) is 0.696. The molecule has 1 aliphatic carbocycles. The van der Waals surface area contributed by atoms with Crippen molar-refractivity contribution in [3.8, 4) is 0 Å². The van der Waals surface area contributed by atoms with Crippen LogP contribution in [-0.4, -0.2) is 28.4 Å². The van der Waals surface area contributed by atoms with E-state index in [2.05, 4.69) is 6.92 Å². The van der Waals surface area contributed by atoms with Crippen LogP contribution in [0.5, 0.6) is 0 Å². The monoisotopic (exact) mass is 212 g/mol. The average molecular weight is 212 g/mol. The van der Waals surface area contributed by atoms with E-state index in [1.165, 1.54) is 0 Å². The molecule has 1 saturated heterocycles. The van der Waals surface area contributed by atoms with Crippen molar-refractivity contribution in [2.75, 3.05) is 6.54 Å². The third kappa shape index (κ3) is 1.32. The van der Waals surface area contributed by atoms with Gasteiger partial charge in [0, 0.05) is 12.6 Å². The van der Waals surface area contributed by atoms with E-state index in [1.807, 2.05) is 4.90 Å². The van der Waals surface area contributed by atoms with Gasteiger partial charge in [0.25, 0.3) is 0 Å². The minimum atomic E-state index is -0.450. The van der Waals surface area contributed by atoms with Gasteiger partial charge in [0.05, 0.1) is 10.4 Å². The summed E-state index contributed by atoms with van der Waals surface area (Å²) >= 11 is 4.97. The number of amides is 1. The first-order chi connectivity index (χ1) is 6.58. The van der Waals surface area contributed by atoms with Gasteiger partial charge in [-0.1, -0.05) is 12.2 Å². The van der Waals surface area contributed by atoms with Crippen molar-refractivity contribution in [1.82, 2.24) is 4.90 Å². The van der Waals surface area contributed by atoms with Crippen LogP contribution in [0.15, 0.2) is 0 Å². The van der Waals surface area contributed by atoms with E-state index in [1.54, 1.807) is 0 Å². The second-order valence-electron chi connectivity index (χ2n) is 4.44. The molecule has 4 heteroatoms. The molecule has 2 rings (SSSR count). The smallest absolute Gasteiger partial charge is 0.235 e. The topological polar surface area (TPSA) is 46.3 Å². The van der Waals surface area contributed by atoms with Crippen LogP contribution in [0.25, 0.3) is 0 Å². The third-order valence-corrected chi connectivity index (χ3v) is 3.84. The summed E-state index contributed by atoms with van der Waals surface area (Å²) in [6.45, 7) is 2.98. The van der Waals surface area contributed by atoms with Gasteiger partial charge in [-0.15, -0.1) is 0 Å². The third-order valence-electron chi connectivity index (χ3n) is 3.44. The van der Waals surface area contributed by atoms with Crippen LogP contribution in [-0.2, 0) is 4.79 Å². The normalized spacial score (nSPS) is 28.9. The Balaban J connectivity index is 2.12. The maximum atomic E-state index is 12.1. The van der Waals surface area contributed by atoms with Crippen molar-refractivity contribution in [3.05, 3.63) is 0 Å². The van der Waals surface area contributed by atoms with Gasteiger partial charge >= 0.3 is 0 Å². The fourth-order valence-electron chi connectivity index (χ4n) is 2.20. The second kappa shape index (κ2) is 3.19. The predicted octanol–water partition coefficient (Wildman–Crippen LogP) is 1.06. The van der Waals surface area contributed by atoms with E-state index in [0.29, 0.717) is 11.0 Å². The first-order valence-electron chi connectivity index (χ1n) is 5.19. The summed E-state index contributed by atoms with van der Waals surface area (Å²) in [5.74, 6) is 0.176. The highest BCUT2D eigenvalue weighted by Crippen LogP contribution is 2.48. The number of nitrogens with zero attached hydrogens (tertiary/aromatic N) is 1. The number of hydrogen-bond acceptors (Lipinski definition) is 2. The molecule has 1 aliphatic heterocycles. The van der Waals surface area contributed by atoms with Crippen molar-refractivity contribution in [1.29, 1.82) is 0 Å². The Hall–Kier alpha value is -0.640. The molecule has 0 bridgehead atoms. The maximum absolute atomic E-state index is 12.1. The molecule has 0 aromatic carbocycles. The van der Waals surface area contributed by atoms with Gasteiger partial charge in [-0.3, -0.25) is 4.79 Å². The Kier molecular flexibility index (Phi) is 2.26. The van der Waals surface area contributed by atoms with Crippen LogP contribution in [0, 0.1) is 5.41 Å². The highest BCUT2D eigenvalue weighted by molar-refractivity contribution is 7.80. The molecule has 3 nitrogen and oxygen atoms in total. The summed E-state index contributed by atoms with van der Waals surface area (Å²) in [7, 11) is 0. The fourth-order valence-corrected chi connectivity index (χ4v) is 2.49. The van der Waals surface area contributed by atoms with Crippen LogP contribution in [0.4, 0.5) is 0 Å². The fraction of sp³-hybridized carbons (Fsp3) is 0.800. The number of thiocarbonyl (C=S) groups is 1. The number of rotatable bonds is 2. The van der Waals surface area contributed by atoms with Gasteiger partial charge in [0.1, 0.15) is 0 Å². The van der Waals surface area contributed by atoms with E-state index in [4.69, 9.17) is 18.0 Å². The van der Waals surface area contributed by atoms with Crippen LogP contribution in [0.3, 0.4) is 0 Å². The zero-order valence-electron chi connectivity index (χ0n) is 8.45. The Morgan fingerprint density at radius 3 is 2.57 bits per heavy atom. The van der Waals surface area contributed by atoms with E-state index < -0.39 is 5.41 Å². The first-order valence-corrected chi connectivity index (χ1v) is 5.60. The highest BCUT2D eigenvalue weighted by Gasteiger charge is 2.55. The van der Waals surface area contributed by atoms with Gasteiger partial charge in [-0.25, -0.2) is 0 Å². The molecule has 1 atom stereocenters. The van der Waals surface area contributed by atoms with Gasteiger partial charge in [-0.05, 0) is 32.6 Å². The molecule has 1 saturated carbocycles. The summed E-state index contributed by atoms with van der Waals surface area (Å²) in [6, 6.07) is 0.370. The summed E-state index contributed by atoms with van der Waals surface area (Å²) in [5, 5.41) is 0. The minimum absolute atomic E-state index is 0.176. The molecule has 2 fully saturated rings. The molecule has 2 N–H and O–H groups in total. The molecule has 1 unspecified atom stereocenters. The van der Waals surface area contributed by atoms with Gasteiger partial charge in [0.15, 0.2) is 0 Å². The number of nitrogens with two attached hydrogens (primary N) is 1. The van der Waals surface area contributed by atoms with Crippen LogP contribution in [0.2, 0.25) is 0 Å². The number of hydrogen-bond donors (Lipinski definition) is 1. The summed E-state index contributed by atoms with van der Waals surface area (Å²) in [5.41, 5.74) is 5.18. The molecule has 14 heavy (non-hydrogen) atoms. The zero-order valence-corrected chi connectivity index (χ0v) is 9.27. The van der Waals surface area contributed by atoms with Crippen molar-refractivity contribution < 1.29 is 4.79 Å². The SMILES string of the molecule is CC1CCCN1C(=O)C1(C(N)=S)CC1. The zero-order chi connectivity index (χ0) is 10.3. The van der Waals surface area contributed by atoms with E-state index in [-0.39, 0.29) is 5.91 Å². The number of carbonyl (C=O) groups is 1. The Morgan fingerprint density at radius 2 is 2.21 bits per heavy atom. The van der Waals surface area contributed by atoms with Gasteiger partial charge < -0.3 is 10.6 Å². The lowest BCUT2D eigenvalue weighted by Gasteiger charge is -2.26. The van der Waals surface area contributed by atoms with Crippen LogP contribution >= 0.6 is 12.2 Å². The van der Waals surface area contributed by atoms with E-state index >= 15 is 0 Å². The van der Waals surface area contributed by atoms with E-state index in [0.717, 1.165) is 32.2 Å². The standard InChI is InChI=1S/C10H16N2OS/c1-7-3-2-6-12(7)9(13)10(4-5-10)8(11)14/h7H,2-6H2,1H3,(H2,11,14). The maximum Gasteiger partial charge on any atom is 0.235 e. The average Bonchev–Trinajstić information content (AvgIpc) is 2.84. The first kappa shape index (κ1) is 9.90. The largest absolute Gasteiger partial charge is 0.392 e. The number of likely N-dealkylation sites (tertiary alicyclic amines) is 1. The molecule has 78 valence electrons. The molecule has 0 radical (unpaired) electrons. The summed E-state index contributed by atoms with van der Waals surface area (Å²) in [4.78, 5) is 14.5. The molecule has 0 spiro atoms. The predicted molar refractivity (Wildman–Crippen MR) is 58.9 cm³/mol. The molecule has 1 heterocycles. The summed E-state index contributed by atoms with van der Waals surface area (Å²) < 4.78 is 0. The van der Waals surface area contributed by atoms with Crippen molar-refractivity contribution in [3.63, 3.8) is 0 Å². The molecule has 1 amide bonds. The second-order valence-corrected chi connectivity index (χ2v) is 4.88. The molecule has 0 aromatic rings. The van der Waals surface area contributed by atoms with Crippen LogP contribution in [0.1, 0.15) is 32.6 Å². The van der Waals surface area contributed by atoms with Gasteiger partial charge in [-0.2, -0.15) is 0 Å². The molecule has 0 aromatic heterocycles.